The van der Waals surface area contributed by atoms with Crippen molar-refractivity contribution in [3.05, 3.63) is 24.0 Å². The number of pyridine rings is 1. The normalized spacial score (nSPS) is 20.0. The van der Waals surface area contributed by atoms with E-state index >= 15 is 0 Å². The third-order valence-corrected chi connectivity index (χ3v) is 3.46. The summed E-state index contributed by atoms with van der Waals surface area (Å²) in [7, 11) is 0. The summed E-state index contributed by atoms with van der Waals surface area (Å²) in [4.78, 5) is 6.76. The van der Waals surface area contributed by atoms with Gasteiger partial charge in [0.1, 0.15) is 18.5 Å². The maximum atomic E-state index is 5.76. The second kappa shape index (κ2) is 8.19. The molecule has 2 rings (SSSR count). The van der Waals surface area contributed by atoms with Crippen molar-refractivity contribution < 1.29 is 9.47 Å². The quantitative estimate of drug-likeness (QED) is 0.815. The summed E-state index contributed by atoms with van der Waals surface area (Å²) in [5.41, 5.74) is 1.03. The van der Waals surface area contributed by atoms with Crippen LogP contribution in [-0.4, -0.2) is 55.4 Å². The van der Waals surface area contributed by atoms with Crippen LogP contribution in [0.5, 0.6) is 5.75 Å². The molecule has 1 aromatic heterocycles. The number of likely N-dealkylation sites (N-methyl/N-ethyl adjacent to an activating group) is 1. The second-order valence-corrected chi connectivity index (χ2v) is 4.96. The Bertz CT molecular complexity index is 383. The molecule has 5 nitrogen and oxygen atoms in total. The smallest absolute Gasteiger partial charge is 0.137 e. The van der Waals surface area contributed by atoms with Gasteiger partial charge in [0.2, 0.25) is 0 Å². The first-order valence-corrected chi connectivity index (χ1v) is 7.44. The van der Waals surface area contributed by atoms with Gasteiger partial charge in [0.25, 0.3) is 0 Å². The molecule has 20 heavy (non-hydrogen) atoms. The standard InChI is InChI=1S/C15H25N3O2/c1-3-16-9-13-5-6-14(10-17-13)20-12-15-11-18(4-2)7-8-19-15/h5-6,10,15-16H,3-4,7-9,11-12H2,1-2H3. The minimum atomic E-state index is 0.158. The van der Waals surface area contributed by atoms with Gasteiger partial charge in [0, 0.05) is 19.6 Å². The number of ether oxygens (including phenoxy) is 2. The molecule has 2 heterocycles. The van der Waals surface area contributed by atoms with Crippen molar-refractivity contribution in [2.45, 2.75) is 26.5 Å². The second-order valence-electron chi connectivity index (χ2n) is 4.96. The van der Waals surface area contributed by atoms with E-state index in [1.807, 2.05) is 12.1 Å². The van der Waals surface area contributed by atoms with Crippen LogP contribution in [0.4, 0.5) is 0 Å². The monoisotopic (exact) mass is 279 g/mol. The van der Waals surface area contributed by atoms with E-state index in [1.54, 1.807) is 6.20 Å². The number of nitrogens with zero attached hydrogens (tertiary/aromatic N) is 2. The SMILES string of the molecule is CCNCc1ccc(OCC2CN(CC)CCO2)cn1. The average molecular weight is 279 g/mol. The lowest BCUT2D eigenvalue weighted by atomic mass is 10.3. The molecule has 1 aliphatic heterocycles. The minimum absolute atomic E-state index is 0.158. The molecule has 0 bridgehead atoms. The lowest BCUT2D eigenvalue weighted by Gasteiger charge is -2.31. The fourth-order valence-corrected chi connectivity index (χ4v) is 2.21. The number of aromatic nitrogens is 1. The largest absolute Gasteiger partial charge is 0.489 e. The fraction of sp³-hybridized carbons (Fsp3) is 0.667. The van der Waals surface area contributed by atoms with Gasteiger partial charge in [-0.25, -0.2) is 0 Å². The zero-order valence-corrected chi connectivity index (χ0v) is 12.5. The number of morpholine rings is 1. The van der Waals surface area contributed by atoms with Crippen LogP contribution in [-0.2, 0) is 11.3 Å². The van der Waals surface area contributed by atoms with Crippen molar-refractivity contribution in [1.29, 1.82) is 0 Å². The van der Waals surface area contributed by atoms with E-state index in [-0.39, 0.29) is 6.10 Å². The first kappa shape index (κ1) is 15.2. The predicted octanol–water partition coefficient (Wildman–Crippen LogP) is 1.29. The van der Waals surface area contributed by atoms with Crippen molar-refractivity contribution in [2.24, 2.45) is 0 Å². The maximum Gasteiger partial charge on any atom is 0.137 e. The van der Waals surface area contributed by atoms with Gasteiger partial charge >= 0.3 is 0 Å². The summed E-state index contributed by atoms with van der Waals surface area (Å²) in [6.07, 6.45) is 1.94. The molecule has 1 fully saturated rings. The van der Waals surface area contributed by atoms with Gasteiger partial charge in [0.05, 0.1) is 18.5 Å². The van der Waals surface area contributed by atoms with Gasteiger partial charge in [-0.1, -0.05) is 13.8 Å². The Morgan fingerprint density at radius 2 is 2.35 bits per heavy atom. The Morgan fingerprint density at radius 3 is 3.05 bits per heavy atom. The maximum absolute atomic E-state index is 5.76. The molecule has 1 saturated heterocycles. The summed E-state index contributed by atoms with van der Waals surface area (Å²) < 4.78 is 11.5. The lowest BCUT2D eigenvalue weighted by molar-refractivity contribution is -0.0464. The van der Waals surface area contributed by atoms with Crippen molar-refractivity contribution in [3.63, 3.8) is 0 Å². The summed E-state index contributed by atoms with van der Waals surface area (Å²) in [5, 5.41) is 3.25. The zero-order chi connectivity index (χ0) is 14.2. The first-order valence-electron chi connectivity index (χ1n) is 7.44. The molecule has 0 saturated carbocycles. The molecule has 0 aromatic carbocycles. The van der Waals surface area contributed by atoms with Gasteiger partial charge < -0.3 is 14.8 Å². The zero-order valence-electron chi connectivity index (χ0n) is 12.5. The van der Waals surface area contributed by atoms with Crippen molar-refractivity contribution >= 4 is 0 Å². The third-order valence-electron chi connectivity index (χ3n) is 3.46. The molecular formula is C15H25N3O2. The van der Waals surface area contributed by atoms with Crippen LogP contribution in [0.2, 0.25) is 0 Å². The van der Waals surface area contributed by atoms with E-state index in [2.05, 4.69) is 29.0 Å². The molecule has 5 heteroatoms. The van der Waals surface area contributed by atoms with Crippen LogP contribution in [0.1, 0.15) is 19.5 Å². The lowest BCUT2D eigenvalue weighted by Crippen LogP contribution is -2.44. The van der Waals surface area contributed by atoms with Crippen LogP contribution in [0.15, 0.2) is 18.3 Å². The molecule has 1 unspecified atom stereocenters. The molecular weight excluding hydrogens is 254 g/mol. The molecule has 1 aliphatic rings. The highest BCUT2D eigenvalue weighted by Crippen LogP contribution is 2.12. The Balaban J connectivity index is 1.75. The van der Waals surface area contributed by atoms with Crippen LogP contribution < -0.4 is 10.1 Å². The fourth-order valence-electron chi connectivity index (χ4n) is 2.21. The highest BCUT2D eigenvalue weighted by Gasteiger charge is 2.19. The van der Waals surface area contributed by atoms with Crippen molar-refractivity contribution in [1.82, 2.24) is 15.2 Å². The molecule has 112 valence electrons. The number of nitrogens with one attached hydrogen (secondary N) is 1. The van der Waals surface area contributed by atoms with E-state index in [0.29, 0.717) is 6.61 Å². The Labute approximate surface area is 121 Å². The highest BCUT2D eigenvalue weighted by atomic mass is 16.5. The van der Waals surface area contributed by atoms with Gasteiger partial charge in [-0.3, -0.25) is 9.88 Å². The predicted molar refractivity (Wildman–Crippen MR) is 79.0 cm³/mol. The molecule has 0 spiro atoms. The van der Waals surface area contributed by atoms with Crippen molar-refractivity contribution in [3.8, 4) is 5.75 Å². The molecule has 1 atom stereocenters. The van der Waals surface area contributed by atoms with Gasteiger partial charge in [0.15, 0.2) is 0 Å². The molecule has 0 amide bonds. The Kier molecular flexibility index (Phi) is 6.24. The van der Waals surface area contributed by atoms with E-state index in [4.69, 9.17) is 9.47 Å². The third kappa shape index (κ3) is 4.74. The topological polar surface area (TPSA) is 46.6 Å². The van der Waals surface area contributed by atoms with E-state index in [1.165, 1.54) is 0 Å². The molecule has 1 aromatic rings. The van der Waals surface area contributed by atoms with E-state index in [9.17, 15) is 0 Å². The average Bonchev–Trinajstić information content (AvgIpc) is 2.52. The van der Waals surface area contributed by atoms with Gasteiger partial charge in [-0.15, -0.1) is 0 Å². The van der Waals surface area contributed by atoms with Crippen LogP contribution >= 0.6 is 0 Å². The van der Waals surface area contributed by atoms with E-state index < -0.39 is 0 Å². The minimum Gasteiger partial charge on any atom is -0.489 e. The van der Waals surface area contributed by atoms with Crippen molar-refractivity contribution in [2.75, 3.05) is 39.4 Å². The Morgan fingerprint density at radius 1 is 1.45 bits per heavy atom. The molecule has 0 radical (unpaired) electrons. The summed E-state index contributed by atoms with van der Waals surface area (Å²) in [6.45, 7) is 10.4. The number of hydrogen-bond acceptors (Lipinski definition) is 5. The summed E-state index contributed by atoms with van der Waals surface area (Å²) in [5.74, 6) is 0.808. The molecule has 0 aliphatic carbocycles. The first-order chi connectivity index (χ1) is 9.81. The van der Waals surface area contributed by atoms with E-state index in [0.717, 1.165) is 50.8 Å². The highest BCUT2D eigenvalue weighted by molar-refractivity contribution is 5.19. The number of hydrogen-bond donors (Lipinski definition) is 1. The Hall–Kier alpha value is -1.17. The van der Waals surface area contributed by atoms with Crippen LogP contribution in [0.25, 0.3) is 0 Å². The summed E-state index contributed by atoms with van der Waals surface area (Å²) in [6, 6.07) is 3.97. The van der Waals surface area contributed by atoms with Gasteiger partial charge in [-0.2, -0.15) is 0 Å². The number of rotatable bonds is 7. The molecule has 1 N–H and O–H groups in total. The van der Waals surface area contributed by atoms with Crippen LogP contribution in [0.3, 0.4) is 0 Å². The summed E-state index contributed by atoms with van der Waals surface area (Å²) >= 11 is 0. The van der Waals surface area contributed by atoms with Gasteiger partial charge in [-0.05, 0) is 25.2 Å². The van der Waals surface area contributed by atoms with Crippen LogP contribution in [0, 0.1) is 0 Å².